The smallest absolute Gasteiger partial charge is 0.119 e. The van der Waals surface area contributed by atoms with Crippen LogP contribution in [0.5, 0.6) is 5.75 Å². The maximum absolute atomic E-state index is 9.25. The molecule has 4 nitrogen and oxygen atoms in total. The van der Waals surface area contributed by atoms with E-state index in [9.17, 15) is 5.11 Å². The van der Waals surface area contributed by atoms with Crippen LogP contribution in [-0.2, 0) is 4.84 Å². The predicted octanol–water partition coefficient (Wildman–Crippen LogP) is 0.625. The lowest BCUT2D eigenvalue weighted by molar-refractivity contribution is 0.0116. The molecule has 0 radical (unpaired) electrons. The van der Waals surface area contributed by atoms with Crippen molar-refractivity contribution < 1.29 is 14.7 Å². The molecule has 0 fully saturated rings. The Bertz CT molecular complexity index is 278. The summed E-state index contributed by atoms with van der Waals surface area (Å²) in [6, 6.07) is 7.61. The SMILES string of the molecule is Cc1cccc(OC[C@H](O)CON)c1. The number of hydrogen-bond acceptors (Lipinski definition) is 4. The Hall–Kier alpha value is -1.10. The Kier molecular flexibility index (Phi) is 4.39. The van der Waals surface area contributed by atoms with Gasteiger partial charge in [0.05, 0.1) is 6.61 Å². The second-order valence-corrected chi connectivity index (χ2v) is 3.11. The van der Waals surface area contributed by atoms with Gasteiger partial charge in [-0.3, -0.25) is 0 Å². The number of nitrogens with two attached hydrogens (primary N) is 1. The molecular weight excluding hydrogens is 182 g/mol. The molecule has 1 atom stereocenters. The third kappa shape index (κ3) is 3.74. The van der Waals surface area contributed by atoms with Crippen molar-refractivity contribution >= 4 is 0 Å². The summed E-state index contributed by atoms with van der Waals surface area (Å²) in [5, 5.41) is 9.25. The first kappa shape index (κ1) is 11.0. The van der Waals surface area contributed by atoms with E-state index in [0.717, 1.165) is 11.3 Å². The number of rotatable bonds is 5. The highest BCUT2D eigenvalue weighted by Gasteiger charge is 2.04. The van der Waals surface area contributed by atoms with Crippen molar-refractivity contribution in [2.45, 2.75) is 13.0 Å². The minimum atomic E-state index is -0.694. The van der Waals surface area contributed by atoms with Gasteiger partial charge in [0.25, 0.3) is 0 Å². The van der Waals surface area contributed by atoms with Crippen LogP contribution in [0, 0.1) is 6.92 Å². The van der Waals surface area contributed by atoms with Gasteiger partial charge < -0.3 is 14.7 Å². The van der Waals surface area contributed by atoms with Gasteiger partial charge in [-0.1, -0.05) is 12.1 Å². The average Bonchev–Trinajstić information content (AvgIpc) is 2.15. The van der Waals surface area contributed by atoms with Gasteiger partial charge in [-0.15, -0.1) is 0 Å². The molecule has 0 aliphatic carbocycles. The molecule has 0 unspecified atom stereocenters. The zero-order valence-corrected chi connectivity index (χ0v) is 8.14. The fourth-order valence-corrected chi connectivity index (χ4v) is 1.06. The van der Waals surface area contributed by atoms with E-state index in [-0.39, 0.29) is 13.2 Å². The van der Waals surface area contributed by atoms with Crippen LogP contribution in [0.4, 0.5) is 0 Å². The van der Waals surface area contributed by atoms with Crippen LogP contribution >= 0.6 is 0 Å². The quantitative estimate of drug-likeness (QED) is 0.679. The number of aliphatic hydroxyl groups is 1. The molecule has 0 aromatic heterocycles. The van der Waals surface area contributed by atoms with E-state index in [4.69, 9.17) is 10.6 Å². The van der Waals surface area contributed by atoms with Gasteiger partial charge in [-0.25, -0.2) is 5.90 Å². The Morgan fingerprint density at radius 2 is 2.21 bits per heavy atom. The maximum atomic E-state index is 9.25. The average molecular weight is 197 g/mol. The van der Waals surface area contributed by atoms with Crippen molar-refractivity contribution in [2.75, 3.05) is 13.2 Å². The van der Waals surface area contributed by atoms with E-state index < -0.39 is 6.10 Å². The summed E-state index contributed by atoms with van der Waals surface area (Å²) in [4.78, 5) is 4.29. The van der Waals surface area contributed by atoms with E-state index in [2.05, 4.69) is 4.84 Å². The summed E-state index contributed by atoms with van der Waals surface area (Å²) < 4.78 is 5.32. The topological polar surface area (TPSA) is 64.7 Å². The van der Waals surface area contributed by atoms with Crippen LogP contribution in [0.3, 0.4) is 0 Å². The number of aliphatic hydroxyl groups excluding tert-OH is 1. The van der Waals surface area contributed by atoms with Crippen LogP contribution in [0.25, 0.3) is 0 Å². The molecule has 1 rings (SSSR count). The van der Waals surface area contributed by atoms with Gasteiger partial charge in [0.15, 0.2) is 0 Å². The van der Waals surface area contributed by atoms with Gasteiger partial charge in [-0.2, -0.15) is 0 Å². The zero-order valence-electron chi connectivity index (χ0n) is 8.14. The molecule has 0 saturated carbocycles. The summed E-state index contributed by atoms with van der Waals surface area (Å²) in [5.41, 5.74) is 1.12. The molecule has 0 aliphatic rings. The first-order chi connectivity index (χ1) is 6.72. The lowest BCUT2D eigenvalue weighted by atomic mass is 10.2. The highest BCUT2D eigenvalue weighted by atomic mass is 16.6. The highest BCUT2D eigenvalue weighted by Crippen LogP contribution is 2.12. The molecule has 4 heteroatoms. The highest BCUT2D eigenvalue weighted by molar-refractivity contribution is 5.27. The van der Waals surface area contributed by atoms with Gasteiger partial charge >= 0.3 is 0 Å². The predicted molar refractivity (Wildman–Crippen MR) is 52.8 cm³/mol. The van der Waals surface area contributed by atoms with Crippen LogP contribution in [-0.4, -0.2) is 24.4 Å². The lowest BCUT2D eigenvalue weighted by Crippen LogP contribution is -2.25. The van der Waals surface area contributed by atoms with Gasteiger partial charge in [-0.05, 0) is 24.6 Å². The molecule has 3 N–H and O–H groups in total. The van der Waals surface area contributed by atoms with Gasteiger partial charge in [0.2, 0.25) is 0 Å². The fraction of sp³-hybridized carbons (Fsp3) is 0.400. The summed E-state index contributed by atoms with van der Waals surface area (Å²) in [7, 11) is 0. The van der Waals surface area contributed by atoms with Crippen LogP contribution in [0.15, 0.2) is 24.3 Å². The fourth-order valence-electron chi connectivity index (χ4n) is 1.06. The van der Waals surface area contributed by atoms with E-state index in [1.54, 1.807) is 0 Å². The largest absolute Gasteiger partial charge is 0.491 e. The van der Waals surface area contributed by atoms with Crippen LogP contribution in [0.2, 0.25) is 0 Å². The minimum Gasteiger partial charge on any atom is -0.491 e. The van der Waals surface area contributed by atoms with E-state index >= 15 is 0 Å². The number of benzene rings is 1. The summed E-state index contributed by atoms with van der Waals surface area (Å²) in [6.45, 7) is 2.23. The Balaban J connectivity index is 2.37. The van der Waals surface area contributed by atoms with Crippen molar-refractivity contribution in [2.24, 2.45) is 5.90 Å². The van der Waals surface area contributed by atoms with Crippen molar-refractivity contribution in [3.8, 4) is 5.75 Å². The molecule has 1 aromatic rings. The van der Waals surface area contributed by atoms with Crippen molar-refractivity contribution in [1.29, 1.82) is 0 Å². The van der Waals surface area contributed by atoms with E-state index in [0.29, 0.717) is 0 Å². The summed E-state index contributed by atoms with van der Waals surface area (Å²) in [5.74, 6) is 5.54. The monoisotopic (exact) mass is 197 g/mol. The Labute approximate surface area is 83.2 Å². The van der Waals surface area contributed by atoms with Crippen molar-refractivity contribution in [3.63, 3.8) is 0 Å². The van der Waals surface area contributed by atoms with Gasteiger partial charge in [0.1, 0.15) is 18.5 Å². The number of ether oxygens (including phenoxy) is 1. The third-order valence-corrected chi connectivity index (χ3v) is 1.72. The first-order valence-electron chi connectivity index (χ1n) is 4.41. The van der Waals surface area contributed by atoms with Crippen LogP contribution in [0.1, 0.15) is 5.56 Å². The molecule has 78 valence electrons. The molecule has 0 spiro atoms. The zero-order chi connectivity index (χ0) is 10.4. The minimum absolute atomic E-state index is 0.0752. The Morgan fingerprint density at radius 1 is 1.43 bits per heavy atom. The molecule has 0 amide bonds. The molecule has 0 aliphatic heterocycles. The third-order valence-electron chi connectivity index (χ3n) is 1.72. The van der Waals surface area contributed by atoms with Crippen molar-refractivity contribution in [1.82, 2.24) is 0 Å². The summed E-state index contributed by atoms with van der Waals surface area (Å²) in [6.07, 6.45) is -0.694. The van der Waals surface area contributed by atoms with E-state index in [1.807, 2.05) is 31.2 Å². The molecule has 14 heavy (non-hydrogen) atoms. The van der Waals surface area contributed by atoms with Crippen LogP contribution < -0.4 is 10.6 Å². The molecule has 1 aromatic carbocycles. The van der Waals surface area contributed by atoms with E-state index in [1.165, 1.54) is 0 Å². The number of hydrogen-bond donors (Lipinski definition) is 2. The van der Waals surface area contributed by atoms with Gasteiger partial charge in [0, 0.05) is 0 Å². The second-order valence-electron chi connectivity index (χ2n) is 3.11. The van der Waals surface area contributed by atoms with Crippen molar-refractivity contribution in [3.05, 3.63) is 29.8 Å². The molecule has 0 bridgehead atoms. The second kappa shape index (κ2) is 5.59. The maximum Gasteiger partial charge on any atom is 0.119 e. The molecular formula is C10H15NO3. The normalized spacial score (nSPS) is 12.5. The first-order valence-corrected chi connectivity index (χ1v) is 4.41. The molecule has 0 saturated heterocycles. The number of aryl methyl sites for hydroxylation is 1. The standard InChI is InChI=1S/C10H15NO3/c1-8-3-2-4-10(5-8)13-6-9(12)7-14-11/h2-5,9,12H,6-7,11H2,1H3/t9-/m0/s1. The Morgan fingerprint density at radius 3 is 2.86 bits per heavy atom. The molecule has 0 heterocycles. The lowest BCUT2D eigenvalue weighted by Gasteiger charge is -2.11. The summed E-state index contributed by atoms with van der Waals surface area (Å²) >= 11 is 0.